The largest absolute Gasteiger partial charge is 0.490 e. The van der Waals surface area contributed by atoms with E-state index in [9.17, 15) is 4.79 Å². The highest BCUT2D eigenvalue weighted by Crippen LogP contribution is 2.36. The summed E-state index contributed by atoms with van der Waals surface area (Å²) < 4.78 is 11.7. The lowest BCUT2D eigenvalue weighted by Gasteiger charge is -2.25. The van der Waals surface area contributed by atoms with Crippen LogP contribution in [-0.2, 0) is 4.79 Å². The van der Waals surface area contributed by atoms with Gasteiger partial charge >= 0.3 is 0 Å². The lowest BCUT2D eigenvalue weighted by Crippen LogP contribution is -2.45. The highest BCUT2D eigenvalue weighted by atomic mass is 79.9. The summed E-state index contributed by atoms with van der Waals surface area (Å²) in [4.78, 5) is 12.1. The Kier molecular flexibility index (Phi) is 7.37. The summed E-state index contributed by atoms with van der Waals surface area (Å²) in [6, 6.07) is 5.29. The first-order chi connectivity index (χ1) is 10.8. The van der Waals surface area contributed by atoms with E-state index in [0.717, 1.165) is 12.8 Å². The maximum atomic E-state index is 12.1. The lowest BCUT2D eigenvalue weighted by atomic mass is 9.99. The summed E-state index contributed by atoms with van der Waals surface area (Å²) in [7, 11) is 0. The number of nitriles is 1. The third-order valence-electron chi connectivity index (χ3n) is 3.14. The van der Waals surface area contributed by atoms with E-state index in [1.807, 2.05) is 20.8 Å². The van der Waals surface area contributed by atoms with E-state index in [4.69, 9.17) is 14.7 Å². The fourth-order valence-corrected chi connectivity index (χ4v) is 2.83. The van der Waals surface area contributed by atoms with Crippen molar-refractivity contribution in [2.75, 3.05) is 13.2 Å². The van der Waals surface area contributed by atoms with Gasteiger partial charge in [-0.05, 0) is 49.2 Å². The molecule has 0 aliphatic heterocycles. The standard InChI is InChI=1S/C17H23BrN2O3/c1-5-7-17(3,4)20-15(21)11-23-16-13(18)8-12(10-19)9-14(16)22-6-2/h8-9H,5-7,11H2,1-4H3,(H,20,21). The second kappa shape index (κ2) is 8.78. The Morgan fingerprint density at radius 1 is 1.35 bits per heavy atom. The molecule has 0 unspecified atom stereocenters. The van der Waals surface area contributed by atoms with Gasteiger partial charge in [0.05, 0.1) is 22.7 Å². The van der Waals surface area contributed by atoms with E-state index < -0.39 is 0 Å². The summed E-state index contributed by atoms with van der Waals surface area (Å²) >= 11 is 3.36. The first-order valence-electron chi connectivity index (χ1n) is 7.63. The van der Waals surface area contributed by atoms with Gasteiger partial charge in [-0.1, -0.05) is 13.3 Å². The van der Waals surface area contributed by atoms with Crippen molar-refractivity contribution in [3.05, 3.63) is 22.2 Å². The van der Waals surface area contributed by atoms with Gasteiger partial charge in [-0.15, -0.1) is 0 Å². The minimum atomic E-state index is -0.264. The molecule has 23 heavy (non-hydrogen) atoms. The number of hydrogen-bond acceptors (Lipinski definition) is 4. The van der Waals surface area contributed by atoms with E-state index in [1.54, 1.807) is 12.1 Å². The molecule has 1 amide bonds. The van der Waals surface area contributed by atoms with E-state index in [2.05, 4.69) is 34.2 Å². The van der Waals surface area contributed by atoms with Crippen LogP contribution in [-0.4, -0.2) is 24.7 Å². The molecule has 0 aromatic heterocycles. The van der Waals surface area contributed by atoms with Crippen LogP contribution in [0.4, 0.5) is 0 Å². The van der Waals surface area contributed by atoms with Crippen LogP contribution < -0.4 is 14.8 Å². The number of carbonyl (C=O) groups is 1. The molecule has 0 bridgehead atoms. The fraction of sp³-hybridized carbons (Fsp3) is 0.529. The SMILES string of the molecule is CCCC(C)(C)NC(=O)COc1c(Br)cc(C#N)cc1OCC. The highest BCUT2D eigenvalue weighted by Gasteiger charge is 2.20. The smallest absolute Gasteiger partial charge is 0.258 e. The molecule has 1 aromatic carbocycles. The van der Waals surface area contributed by atoms with Gasteiger partial charge in [0.15, 0.2) is 18.1 Å². The molecule has 1 aromatic rings. The maximum absolute atomic E-state index is 12.1. The molecule has 0 atom stereocenters. The van der Waals surface area contributed by atoms with Crippen molar-refractivity contribution >= 4 is 21.8 Å². The first-order valence-corrected chi connectivity index (χ1v) is 8.42. The molecule has 126 valence electrons. The second-order valence-electron chi connectivity index (χ2n) is 5.80. The fourth-order valence-electron chi connectivity index (χ4n) is 2.27. The Morgan fingerprint density at radius 2 is 2.04 bits per heavy atom. The summed E-state index contributed by atoms with van der Waals surface area (Å²) in [6.45, 7) is 8.21. The highest BCUT2D eigenvalue weighted by molar-refractivity contribution is 9.10. The Hall–Kier alpha value is -1.74. The molecule has 0 spiro atoms. The topological polar surface area (TPSA) is 71.3 Å². The third kappa shape index (κ3) is 6.11. The van der Waals surface area contributed by atoms with E-state index in [0.29, 0.717) is 28.1 Å². The van der Waals surface area contributed by atoms with Crippen LogP contribution >= 0.6 is 15.9 Å². The maximum Gasteiger partial charge on any atom is 0.258 e. The van der Waals surface area contributed by atoms with Crippen molar-refractivity contribution < 1.29 is 14.3 Å². The van der Waals surface area contributed by atoms with Crippen LogP contribution in [0.5, 0.6) is 11.5 Å². The van der Waals surface area contributed by atoms with Gasteiger partial charge < -0.3 is 14.8 Å². The van der Waals surface area contributed by atoms with Gasteiger partial charge in [0.1, 0.15) is 0 Å². The van der Waals surface area contributed by atoms with Crippen LogP contribution in [0.1, 0.15) is 46.1 Å². The van der Waals surface area contributed by atoms with E-state index >= 15 is 0 Å². The summed E-state index contributed by atoms with van der Waals surface area (Å²) in [5, 5.41) is 12.0. The van der Waals surface area contributed by atoms with Crippen LogP contribution in [0.3, 0.4) is 0 Å². The molecule has 0 aliphatic rings. The van der Waals surface area contributed by atoms with Gasteiger partial charge in [0.2, 0.25) is 0 Å². The molecule has 0 radical (unpaired) electrons. The summed E-state index contributed by atoms with van der Waals surface area (Å²) in [5.41, 5.74) is 0.195. The number of carbonyl (C=O) groups excluding carboxylic acids is 1. The Bertz CT molecular complexity index is 594. The molecule has 5 nitrogen and oxygen atoms in total. The Labute approximate surface area is 146 Å². The van der Waals surface area contributed by atoms with Crippen molar-refractivity contribution in [2.24, 2.45) is 0 Å². The predicted octanol–water partition coefficient (Wildman–Crippen LogP) is 3.79. The Morgan fingerprint density at radius 3 is 2.61 bits per heavy atom. The molecule has 0 saturated carbocycles. The molecular formula is C17H23BrN2O3. The quantitative estimate of drug-likeness (QED) is 0.742. The lowest BCUT2D eigenvalue weighted by molar-refractivity contribution is -0.124. The molecule has 6 heteroatoms. The van der Waals surface area contributed by atoms with Crippen LogP contribution in [0.15, 0.2) is 16.6 Å². The number of amides is 1. The van der Waals surface area contributed by atoms with Crippen molar-refractivity contribution in [3.8, 4) is 17.6 Å². The number of hydrogen-bond donors (Lipinski definition) is 1. The molecule has 1 N–H and O–H groups in total. The summed E-state index contributed by atoms with van der Waals surface area (Å²) in [6.07, 6.45) is 1.88. The zero-order chi connectivity index (χ0) is 17.5. The number of benzene rings is 1. The predicted molar refractivity (Wildman–Crippen MR) is 92.7 cm³/mol. The van der Waals surface area contributed by atoms with Crippen molar-refractivity contribution in [1.29, 1.82) is 5.26 Å². The van der Waals surface area contributed by atoms with E-state index in [1.165, 1.54) is 0 Å². The number of halogens is 1. The molecular weight excluding hydrogens is 360 g/mol. The summed E-state index contributed by atoms with van der Waals surface area (Å²) in [5.74, 6) is 0.676. The van der Waals surface area contributed by atoms with E-state index in [-0.39, 0.29) is 18.1 Å². The van der Waals surface area contributed by atoms with Crippen molar-refractivity contribution in [3.63, 3.8) is 0 Å². The molecule has 0 fully saturated rings. The van der Waals surface area contributed by atoms with Crippen LogP contribution in [0.2, 0.25) is 0 Å². The second-order valence-corrected chi connectivity index (χ2v) is 6.66. The third-order valence-corrected chi connectivity index (χ3v) is 3.73. The zero-order valence-electron chi connectivity index (χ0n) is 14.0. The molecule has 1 rings (SSSR count). The van der Waals surface area contributed by atoms with Gasteiger partial charge in [-0.25, -0.2) is 0 Å². The van der Waals surface area contributed by atoms with Crippen LogP contribution in [0.25, 0.3) is 0 Å². The van der Waals surface area contributed by atoms with Gasteiger partial charge in [0.25, 0.3) is 5.91 Å². The van der Waals surface area contributed by atoms with Crippen molar-refractivity contribution in [2.45, 2.75) is 46.1 Å². The monoisotopic (exact) mass is 382 g/mol. The number of rotatable bonds is 8. The molecule has 0 saturated heterocycles. The normalized spacial score (nSPS) is 10.8. The number of nitrogens with one attached hydrogen (secondary N) is 1. The van der Waals surface area contributed by atoms with Gasteiger partial charge in [0, 0.05) is 11.6 Å². The minimum Gasteiger partial charge on any atom is -0.490 e. The number of nitrogens with zero attached hydrogens (tertiary/aromatic N) is 1. The molecule has 0 aliphatic carbocycles. The van der Waals surface area contributed by atoms with Crippen molar-refractivity contribution in [1.82, 2.24) is 5.32 Å². The zero-order valence-corrected chi connectivity index (χ0v) is 15.6. The van der Waals surface area contributed by atoms with Gasteiger partial charge in [-0.3, -0.25) is 4.79 Å². The minimum absolute atomic E-state index is 0.113. The van der Waals surface area contributed by atoms with Gasteiger partial charge in [-0.2, -0.15) is 5.26 Å². The Balaban J connectivity index is 2.81. The average molecular weight is 383 g/mol. The molecule has 0 heterocycles. The average Bonchev–Trinajstić information content (AvgIpc) is 2.45. The number of ether oxygens (including phenoxy) is 2. The van der Waals surface area contributed by atoms with Crippen LogP contribution in [0, 0.1) is 11.3 Å². The first kappa shape index (κ1) is 19.3.